The van der Waals surface area contributed by atoms with Gasteiger partial charge in [0.15, 0.2) is 0 Å². The molecule has 2 atom stereocenters. The molecule has 3 N–H and O–H groups in total. The van der Waals surface area contributed by atoms with Crippen molar-refractivity contribution >= 4 is 0 Å². The number of aliphatic hydroxyl groups is 1. The van der Waals surface area contributed by atoms with Crippen LogP contribution in [0.4, 0.5) is 0 Å². The third kappa shape index (κ3) is 4.49. The lowest BCUT2D eigenvalue weighted by molar-refractivity contribution is -0.00145. The lowest BCUT2D eigenvalue weighted by Gasteiger charge is -2.27. The molecule has 1 aromatic rings. The van der Waals surface area contributed by atoms with Crippen molar-refractivity contribution < 1.29 is 14.4 Å². The number of aromatic nitrogens is 2. The minimum atomic E-state index is -1.02. The van der Waals surface area contributed by atoms with Crippen LogP contribution in [-0.2, 0) is 11.2 Å². The number of hydrogen-bond acceptors (Lipinski definition) is 6. The Balaban J connectivity index is 2.08. The first-order valence-corrected chi connectivity index (χ1v) is 7.92. The largest absolute Gasteiger partial charge is 0.388 e. The van der Waals surface area contributed by atoms with E-state index in [0.717, 1.165) is 12.8 Å². The van der Waals surface area contributed by atoms with E-state index in [9.17, 15) is 5.11 Å². The summed E-state index contributed by atoms with van der Waals surface area (Å²) >= 11 is 0. The highest BCUT2D eigenvalue weighted by atomic mass is 16.5. The molecule has 1 aromatic heterocycles. The molecule has 0 radical (unpaired) electrons. The molecule has 2 unspecified atom stereocenters. The second-order valence-corrected chi connectivity index (χ2v) is 6.20. The number of ether oxygens (including phenoxy) is 1. The van der Waals surface area contributed by atoms with Crippen LogP contribution in [0.3, 0.4) is 0 Å². The maximum absolute atomic E-state index is 9.99. The normalized spacial score (nSPS) is 21.1. The van der Waals surface area contributed by atoms with Crippen molar-refractivity contribution in [2.24, 2.45) is 11.7 Å². The minimum absolute atomic E-state index is 0.101. The lowest BCUT2D eigenvalue weighted by atomic mass is 9.85. The molecule has 0 spiro atoms. The molecule has 1 heterocycles. The topological polar surface area (TPSA) is 94.4 Å². The Morgan fingerprint density at radius 3 is 2.76 bits per heavy atom. The van der Waals surface area contributed by atoms with Gasteiger partial charge in [0.1, 0.15) is 6.10 Å². The van der Waals surface area contributed by atoms with Crippen LogP contribution in [0.15, 0.2) is 4.52 Å². The van der Waals surface area contributed by atoms with E-state index in [4.69, 9.17) is 15.0 Å². The Bertz CT molecular complexity index is 428. The highest BCUT2D eigenvalue weighted by Gasteiger charge is 2.30. The SMILES string of the molecule is CCOC(c1noc(CC(C)(O)CN)n1)C1CCCCC1. The first-order valence-electron chi connectivity index (χ1n) is 7.92. The second kappa shape index (κ2) is 7.33. The van der Waals surface area contributed by atoms with Gasteiger partial charge in [-0.1, -0.05) is 24.4 Å². The molecule has 21 heavy (non-hydrogen) atoms. The van der Waals surface area contributed by atoms with E-state index < -0.39 is 5.60 Å². The molecule has 1 fully saturated rings. The van der Waals surface area contributed by atoms with Gasteiger partial charge in [0.05, 0.1) is 12.0 Å². The van der Waals surface area contributed by atoms with Crippen LogP contribution in [0.2, 0.25) is 0 Å². The van der Waals surface area contributed by atoms with Gasteiger partial charge in [-0.05, 0) is 32.6 Å². The van der Waals surface area contributed by atoms with E-state index in [1.165, 1.54) is 19.3 Å². The van der Waals surface area contributed by atoms with Crippen molar-refractivity contribution in [2.45, 2.75) is 64.1 Å². The molecule has 0 bridgehead atoms. The highest BCUT2D eigenvalue weighted by Crippen LogP contribution is 2.35. The summed E-state index contributed by atoms with van der Waals surface area (Å²) in [6.07, 6.45) is 6.23. The predicted octanol–water partition coefficient (Wildman–Crippen LogP) is 1.98. The molecule has 0 aliphatic heterocycles. The minimum Gasteiger partial charge on any atom is -0.388 e. The lowest BCUT2D eigenvalue weighted by Crippen LogP contribution is -2.36. The molecular formula is C15H27N3O3. The molecule has 1 aliphatic carbocycles. The fraction of sp³-hybridized carbons (Fsp3) is 0.867. The quantitative estimate of drug-likeness (QED) is 0.799. The summed E-state index contributed by atoms with van der Waals surface area (Å²) < 4.78 is 11.1. The zero-order chi connectivity index (χ0) is 15.3. The van der Waals surface area contributed by atoms with Crippen molar-refractivity contribution in [3.63, 3.8) is 0 Å². The monoisotopic (exact) mass is 297 g/mol. The smallest absolute Gasteiger partial charge is 0.229 e. The average molecular weight is 297 g/mol. The molecule has 2 rings (SSSR count). The molecular weight excluding hydrogens is 270 g/mol. The maximum Gasteiger partial charge on any atom is 0.229 e. The zero-order valence-electron chi connectivity index (χ0n) is 13.0. The summed E-state index contributed by atoms with van der Waals surface area (Å²) in [4.78, 5) is 4.42. The number of hydrogen-bond donors (Lipinski definition) is 2. The third-order valence-electron chi connectivity index (χ3n) is 4.13. The van der Waals surface area contributed by atoms with Crippen molar-refractivity contribution in [1.29, 1.82) is 0 Å². The number of nitrogens with two attached hydrogens (primary N) is 1. The average Bonchev–Trinajstić information content (AvgIpc) is 2.93. The number of nitrogens with zero attached hydrogens (tertiary/aromatic N) is 2. The van der Waals surface area contributed by atoms with Crippen LogP contribution >= 0.6 is 0 Å². The van der Waals surface area contributed by atoms with E-state index in [0.29, 0.717) is 24.2 Å². The Morgan fingerprint density at radius 1 is 1.43 bits per heavy atom. The molecule has 6 heteroatoms. The van der Waals surface area contributed by atoms with Crippen LogP contribution in [0.25, 0.3) is 0 Å². The van der Waals surface area contributed by atoms with Gasteiger partial charge in [-0.2, -0.15) is 4.98 Å². The van der Waals surface area contributed by atoms with Gasteiger partial charge in [-0.25, -0.2) is 0 Å². The highest BCUT2D eigenvalue weighted by molar-refractivity contribution is 4.97. The van der Waals surface area contributed by atoms with Gasteiger partial charge in [-0.15, -0.1) is 0 Å². The van der Waals surface area contributed by atoms with E-state index in [1.807, 2.05) is 6.92 Å². The van der Waals surface area contributed by atoms with Gasteiger partial charge in [0.2, 0.25) is 11.7 Å². The van der Waals surface area contributed by atoms with Crippen LogP contribution in [0, 0.1) is 5.92 Å². The molecule has 1 aliphatic rings. The Labute approximate surface area is 126 Å². The molecule has 0 aromatic carbocycles. The Kier molecular flexibility index (Phi) is 5.72. The summed E-state index contributed by atoms with van der Waals surface area (Å²) in [5.74, 6) is 1.48. The van der Waals surface area contributed by atoms with Gasteiger partial charge in [0.25, 0.3) is 0 Å². The van der Waals surface area contributed by atoms with Gasteiger partial charge >= 0.3 is 0 Å². The summed E-state index contributed by atoms with van der Waals surface area (Å²) in [5.41, 5.74) is 4.50. The van der Waals surface area contributed by atoms with E-state index >= 15 is 0 Å². The van der Waals surface area contributed by atoms with Crippen LogP contribution in [0.5, 0.6) is 0 Å². The van der Waals surface area contributed by atoms with Crippen molar-refractivity contribution in [3.05, 3.63) is 11.7 Å². The van der Waals surface area contributed by atoms with Crippen LogP contribution < -0.4 is 5.73 Å². The maximum atomic E-state index is 9.99. The molecule has 0 saturated heterocycles. The summed E-state index contributed by atoms with van der Waals surface area (Å²) in [6.45, 7) is 4.43. The predicted molar refractivity (Wildman–Crippen MR) is 78.6 cm³/mol. The third-order valence-corrected chi connectivity index (χ3v) is 4.13. The van der Waals surface area contributed by atoms with E-state index in [2.05, 4.69) is 10.1 Å². The molecule has 120 valence electrons. The summed E-state index contributed by atoms with van der Waals surface area (Å²) in [5, 5.41) is 14.1. The van der Waals surface area contributed by atoms with Crippen molar-refractivity contribution in [2.75, 3.05) is 13.2 Å². The van der Waals surface area contributed by atoms with Crippen LogP contribution in [0.1, 0.15) is 63.8 Å². The fourth-order valence-electron chi connectivity index (χ4n) is 2.89. The van der Waals surface area contributed by atoms with Crippen LogP contribution in [-0.4, -0.2) is 34.0 Å². The summed E-state index contributed by atoms with van der Waals surface area (Å²) in [6, 6.07) is 0. The Morgan fingerprint density at radius 2 is 2.14 bits per heavy atom. The summed E-state index contributed by atoms with van der Waals surface area (Å²) in [7, 11) is 0. The molecule has 0 amide bonds. The first kappa shape index (κ1) is 16.4. The zero-order valence-corrected chi connectivity index (χ0v) is 13.0. The second-order valence-electron chi connectivity index (χ2n) is 6.20. The standard InChI is InChI=1S/C15H27N3O3/c1-3-20-13(11-7-5-4-6-8-11)14-17-12(21-18-14)9-15(2,19)10-16/h11,13,19H,3-10,16H2,1-2H3. The molecule has 6 nitrogen and oxygen atoms in total. The number of rotatable bonds is 7. The van der Waals surface area contributed by atoms with E-state index in [-0.39, 0.29) is 19.1 Å². The van der Waals surface area contributed by atoms with Gasteiger partial charge in [0, 0.05) is 13.2 Å². The first-order chi connectivity index (χ1) is 10.1. The Hall–Kier alpha value is -0.980. The van der Waals surface area contributed by atoms with Gasteiger partial charge < -0.3 is 20.1 Å². The molecule has 1 saturated carbocycles. The van der Waals surface area contributed by atoms with Crippen molar-refractivity contribution in [1.82, 2.24) is 10.1 Å². The van der Waals surface area contributed by atoms with E-state index in [1.54, 1.807) is 6.92 Å². The fourth-order valence-corrected chi connectivity index (χ4v) is 2.89. The van der Waals surface area contributed by atoms with Crippen molar-refractivity contribution in [3.8, 4) is 0 Å². The van der Waals surface area contributed by atoms with Gasteiger partial charge in [-0.3, -0.25) is 0 Å².